The van der Waals surface area contributed by atoms with Gasteiger partial charge in [0, 0.05) is 23.2 Å². The normalized spacial score (nSPS) is 13.4. The highest BCUT2D eigenvalue weighted by molar-refractivity contribution is 7.89. The number of aromatic nitrogens is 4. The van der Waals surface area contributed by atoms with Crippen LogP contribution in [0.25, 0.3) is 0 Å². The molecule has 3 aromatic rings. The highest BCUT2D eigenvalue weighted by atomic mass is 32.2. The summed E-state index contributed by atoms with van der Waals surface area (Å²) in [5, 5.41) is 11.0. The first-order valence-corrected chi connectivity index (χ1v) is 11.6. The fraction of sp³-hybridized carbons (Fsp3) is 0.474. The zero-order valence-electron chi connectivity index (χ0n) is 17.1. The van der Waals surface area contributed by atoms with Crippen LogP contribution >= 0.6 is 11.3 Å². The number of thiophene rings is 1. The van der Waals surface area contributed by atoms with Crippen LogP contribution < -0.4 is 4.72 Å². The topological polar surface area (TPSA) is 81.8 Å². The molecule has 0 aliphatic rings. The SMILES string of the molecule is Cc1cc(C)n(C(CNS(=O)(=O)c2c(C)nn(C(C)C)c2C)c2cccs2)n1. The molecule has 3 rings (SSSR count). The summed E-state index contributed by atoms with van der Waals surface area (Å²) in [7, 11) is -3.70. The Morgan fingerprint density at radius 2 is 1.86 bits per heavy atom. The Morgan fingerprint density at radius 1 is 1.14 bits per heavy atom. The van der Waals surface area contributed by atoms with Crippen LogP contribution in [0, 0.1) is 27.7 Å². The average molecular weight is 422 g/mol. The summed E-state index contributed by atoms with van der Waals surface area (Å²) in [6.45, 7) is 11.6. The van der Waals surface area contributed by atoms with E-state index in [1.165, 1.54) is 0 Å². The maximum Gasteiger partial charge on any atom is 0.244 e. The van der Waals surface area contributed by atoms with Gasteiger partial charge in [-0.25, -0.2) is 13.1 Å². The summed E-state index contributed by atoms with van der Waals surface area (Å²) in [4.78, 5) is 1.32. The number of rotatable bonds is 7. The van der Waals surface area contributed by atoms with E-state index in [0.29, 0.717) is 11.4 Å². The number of sulfonamides is 1. The van der Waals surface area contributed by atoms with Crippen molar-refractivity contribution in [2.45, 2.75) is 58.5 Å². The highest BCUT2D eigenvalue weighted by Gasteiger charge is 2.27. The van der Waals surface area contributed by atoms with E-state index in [9.17, 15) is 8.42 Å². The van der Waals surface area contributed by atoms with Gasteiger partial charge in [-0.3, -0.25) is 9.36 Å². The lowest BCUT2D eigenvalue weighted by Crippen LogP contribution is -2.32. The first-order valence-electron chi connectivity index (χ1n) is 9.23. The predicted octanol–water partition coefficient (Wildman–Crippen LogP) is 3.52. The third-order valence-corrected chi connectivity index (χ3v) is 7.34. The molecule has 0 saturated carbocycles. The molecule has 7 nitrogen and oxygen atoms in total. The van der Waals surface area contributed by atoms with Crippen molar-refractivity contribution < 1.29 is 8.42 Å². The lowest BCUT2D eigenvalue weighted by Gasteiger charge is -2.19. The van der Waals surface area contributed by atoms with Gasteiger partial charge in [0.05, 0.1) is 23.1 Å². The number of hydrogen-bond donors (Lipinski definition) is 1. The molecule has 1 unspecified atom stereocenters. The maximum absolute atomic E-state index is 13.1. The third kappa shape index (κ3) is 3.92. The molecule has 152 valence electrons. The molecule has 3 heterocycles. The summed E-state index contributed by atoms with van der Waals surface area (Å²) in [6, 6.07) is 5.86. The average Bonchev–Trinajstić information content (AvgIpc) is 3.29. The summed E-state index contributed by atoms with van der Waals surface area (Å²) in [6.07, 6.45) is 0. The van der Waals surface area contributed by atoms with Gasteiger partial charge in [0.2, 0.25) is 10.0 Å². The van der Waals surface area contributed by atoms with E-state index in [-0.39, 0.29) is 23.5 Å². The standard InChI is InChI=1S/C19H27N5O2S2/c1-12(2)23-16(6)19(15(5)22-23)28(25,26)20-11-17(18-8-7-9-27-18)24-14(4)10-13(3)21-24/h7-10,12,17,20H,11H2,1-6H3. The van der Waals surface area contributed by atoms with E-state index in [4.69, 9.17) is 0 Å². The second kappa shape index (κ2) is 7.81. The van der Waals surface area contributed by atoms with Gasteiger partial charge in [-0.15, -0.1) is 11.3 Å². The third-order valence-electron chi connectivity index (χ3n) is 4.69. The molecular formula is C19H27N5O2S2. The number of nitrogens with one attached hydrogen (secondary N) is 1. The number of aryl methyl sites for hydroxylation is 3. The minimum atomic E-state index is -3.70. The lowest BCUT2D eigenvalue weighted by atomic mass is 10.2. The fourth-order valence-electron chi connectivity index (χ4n) is 3.55. The van der Waals surface area contributed by atoms with Crippen molar-refractivity contribution >= 4 is 21.4 Å². The number of hydrogen-bond acceptors (Lipinski definition) is 5. The zero-order chi connectivity index (χ0) is 20.6. The van der Waals surface area contributed by atoms with E-state index in [1.807, 2.05) is 56.0 Å². The van der Waals surface area contributed by atoms with Crippen LogP contribution in [0.4, 0.5) is 0 Å². The van der Waals surface area contributed by atoms with Crippen LogP contribution in [0.2, 0.25) is 0 Å². The van der Waals surface area contributed by atoms with Crippen molar-refractivity contribution in [2.75, 3.05) is 6.54 Å². The molecule has 1 atom stereocenters. The molecule has 9 heteroatoms. The van der Waals surface area contributed by atoms with Crippen LogP contribution in [0.3, 0.4) is 0 Å². The van der Waals surface area contributed by atoms with Gasteiger partial charge < -0.3 is 0 Å². The number of nitrogens with zero attached hydrogens (tertiary/aromatic N) is 4. The van der Waals surface area contributed by atoms with Crippen LogP contribution in [0.1, 0.15) is 53.6 Å². The quantitative estimate of drug-likeness (QED) is 0.633. The summed E-state index contributed by atoms with van der Waals surface area (Å²) in [5.74, 6) is 0. The molecule has 28 heavy (non-hydrogen) atoms. The monoisotopic (exact) mass is 421 g/mol. The van der Waals surface area contributed by atoms with Gasteiger partial charge in [-0.2, -0.15) is 10.2 Å². The van der Waals surface area contributed by atoms with Gasteiger partial charge >= 0.3 is 0 Å². The molecule has 0 radical (unpaired) electrons. The van der Waals surface area contributed by atoms with Crippen molar-refractivity contribution in [1.82, 2.24) is 24.3 Å². The highest BCUT2D eigenvalue weighted by Crippen LogP contribution is 2.26. The Bertz CT molecular complexity index is 1060. The van der Waals surface area contributed by atoms with Crippen molar-refractivity contribution in [3.8, 4) is 0 Å². The summed E-state index contributed by atoms with van der Waals surface area (Å²) < 4.78 is 32.7. The minimum Gasteiger partial charge on any atom is -0.266 e. The molecule has 0 bridgehead atoms. The zero-order valence-corrected chi connectivity index (χ0v) is 18.7. The van der Waals surface area contributed by atoms with Gasteiger partial charge in [0.15, 0.2) is 0 Å². The molecule has 1 N–H and O–H groups in total. The van der Waals surface area contributed by atoms with E-state index >= 15 is 0 Å². The predicted molar refractivity (Wildman–Crippen MR) is 111 cm³/mol. The summed E-state index contributed by atoms with van der Waals surface area (Å²) in [5.41, 5.74) is 3.07. The molecule has 0 aliphatic carbocycles. The Morgan fingerprint density at radius 3 is 2.36 bits per heavy atom. The molecule has 0 amide bonds. The van der Waals surface area contributed by atoms with E-state index < -0.39 is 10.0 Å². The smallest absolute Gasteiger partial charge is 0.244 e. The molecule has 0 aromatic carbocycles. The fourth-order valence-corrected chi connectivity index (χ4v) is 5.80. The van der Waals surface area contributed by atoms with Crippen LogP contribution in [0.5, 0.6) is 0 Å². The van der Waals surface area contributed by atoms with Crippen molar-refractivity contribution in [2.24, 2.45) is 0 Å². The first-order chi connectivity index (χ1) is 13.1. The Labute approximate surface area is 170 Å². The molecular weight excluding hydrogens is 394 g/mol. The Kier molecular flexibility index (Phi) is 5.79. The van der Waals surface area contributed by atoms with E-state index in [1.54, 1.807) is 29.9 Å². The second-order valence-electron chi connectivity index (χ2n) is 7.29. The Balaban J connectivity index is 1.93. The van der Waals surface area contributed by atoms with E-state index in [2.05, 4.69) is 14.9 Å². The molecule has 0 spiro atoms. The minimum absolute atomic E-state index is 0.0937. The van der Waals surface area contributed by atoms with E-state index in [0.717, 1.165) is 16.3 Å². The second-order valence-corrected chi connectivity index (χ2v) is 9.98. The van der Waals surface area contributed by atoms with Crippen LogP contribution in [-0.4, -0.2) is 34.5 Å². The Hall–Kier alpha value is -1.97. The van der Waals surface area contributed by atoms with Gasteiger partial charge in [-0.05, 0) is 59.1 Å². The maximum atomic E-state index is 13.1. The van der Waals surface area contributed by atoms with Crippen molar-refractivity contribution in [1.29, 1.82) is 0 Å². The molecule has 0 saturated heterocycles. The van der Waals surface area contributed by atoms with Gasteiger partial charge in [-0.1, -0.05) is 6.07 Å². The lowest BCUT2D eigenvalue weighted by molar-refractivity contribution is 0.498. The van der Waals surface area contributed by atoms with Gasteiger partial charge in [0.25, 0.3) is 0 Å². The van der Waals surface area contributed by atoms with Crippen molar-refractivity contribution in [3.05, 3.63) is 51.2 Å². The molecule has 0 aliphatic heterocycles. The first kappa shape index (κ1) is 20.8. The summed E-state index contributed by atoms with van der Waals surface area (Å²) >= 11 is 1.59. The molecule has 3 aromatic heterocycles. The van der Waals surface area contributed by atoms with Gasteiger partial charge in [0.1, 0.15) is 4.90 Å². The van der Waals surface area contributed by atoms with Crippen LogP contribution in [0.15, 0.2) is 28.5 Å². The van der Waals surface area contributed by atoms with Crippen LogP contribution in [-0.2, 0) is 10.0 Å². The largest absolute Gasteiger partial charge is 0.266 e. The molecule has 0 fully saturated rings. The van der Waals surface area contributed by atoms with Crippen molar-refractivity contribution in [3.63, 3.8) is 0 Å².